The van der Waals surface area contributed by atoms with Gasteiger partial charge in [-0.3, -0.25) is 4.72 Å². The second kappa shape index (κ2) is 13.6. The number of rotatable bonds is 9. The van der Waals surface area contributed by atoms with Gasteiger partial charge in [0.2, 0.25) is 10.0 Å². The van der Waals surface area contributed by atoms with Crippen LogP contribution >= 0.6 is 23.2 Å². The van der Waals surface area contributed by atoms with Crippen LogP contribution in [0, 0.1) is 0 Å². The zero-order valence-corrected chi connectivity index (χ0v) is 27.2. The molecule has 0 radical (unpaired) electrons. The number of benzene rings is 4. The zero-order valence-electron chi connectivity index (χ0n) is 24.8. The van der Waals surface area contributed by atoms with Crippen LogP contribution in [0.2, 0.25) is 10.0 Å². The standard InChI is InChI=1S/C34H26Cl2F3N3O4S/c1-46-33(43)24-8-9-25(30(17-24)41-47(2,44)45)19-42-20-31(28-15-14-27(35)18-29(28)36)40-32(42)16-5-21-3-6-22(7-4-21)23-10-12-26(13-11-23)34(37,38)39/h3-18,20,41H,19H2,1-2H3/b16-5+. The molecule has 0 fully saturated rings. The predicted octanol–water partition coefficient (Wildman–Crippen LogP) is 8.92. The minimum Gasteiger partial charge on any atom is -0.465 e. The summed E-state index contributed by atoms with van der Waals surface area (Å²) >= 11 is 12.6. The van der Waals surface area contributed by atoms with Gasteiger partial charge in [-0.2, -0.15) is 13.2 Å². The van der Waals surface area contributed by atoms with Crippen LogP contribution in [0.5, 0.6) is 0 Å². The Morgan fingerprint density at radius 1 is 0.936 bits per heavy atom. The molecule has 0 saturated heterocycles. The van der Waals surface area contributed by atoms with E-state index in [1.807, 2.05) is 18.2 Å². The molecule has 1 N–H and O–H groups in total. The summed E-state index contributed by atoms with van der Waals surface area (Å²) in [7, 11) is -2.47. The van der Waals surface area contributed by atoms with Crippen molar-refractivity contribution in [1.82, 2.24) is 9.55 Å². The summed E-state index contributed by atoms with van der Waals surface area (Å²) in [5.41, 5.74) is 3.55. The fourth-order valence-electron chi connectivity index (χ4n) is 4.76. The average Bonchev–Trinajstić information content (AvgIpc) is 3.41. The van der Waals surface area contributed by atoms with E-state index >= 15 is 0 Å². The quantitative estimate of drug-likeness (QED) is 0.155. The fourth-order valence-corrected chi connectivity index (χ4v) is 5.86. The molecular formula is C34H26Cl2F3N3O4S. The number of anilines is 1. The van der Waals surface area contributed by atoms with E-state index in [4.69, 9.17) is 32.9 Å². The van der Waals surface area contributed by atoms with Gasteiger partial charge < -0.3 is 9.30 Å². The topological polar surface area (TPSA) is 90.3 Å². The minimum absolute atomic E-state index is 0.157. The highest BCUT2D eigenvalue weighted by Crippen LogP contribution is 2.33. The van der Waals surface area contributed by atoms with Crippen molar-refractivity contribution < 1.29 is 31.1 Å². The van der Waals surface area contributed by atoms with Crippen molar-refractivity contribution in [2.75, 3.05) is 18.1 Å². The molecule has 0 aliphatic heterocycles. The summed E-state index contributed by atoms with van der Waals surface area (Å²) in [6.45, 7) is 0.157. The number of nitrogens with one attached hydrogen (secondary N) is 1. The monoisotopic (exact) mass is 699 g/mol. The van der Waals surface area contributed by atoms with Gasteiger partial charge in [-0.25, -0.2) is 18.2 Å². The lowest BCUT2D eigenvalue weighted by molar-refractivity contribution is -0.137. The maximum atomic E-state index is 13.0. The van der Waals surface area contributed by atoms with E-state index in [9.17, 15) is 26.4 Å². The molecule has 0 aliphatic rings. The SMILES string of the molecule is COC(=O)c1ccc(Cn2cc(-c3ccc(Cl)cc3Cl)nc2/C=C/c2ccc(-c3ccc(C(F)(F)F)cc3)cc2)c(NS(C)(=O)=O)c1. The van der Waals surface area contributed by atoms with Gasteiger partial charge in [-0.05, 0) is 70.8 Å². The van der Waals surface area contributed by atoms with Crippen molar-refractivity contribution in [2.45, 2.75) is 12.7 Å². The molecule has 5 rings (SSSR count). The lowest BCUT2D eigenvalue weighted by atomic mass is 10.0. The molecule has 242 valence electrons. The Labute approximate surface area is 279 Å². The highest BCUT2D eigenvalue weighted by atomic mass is 35.5. The van der Waals surface area contributed by atoms with Crippen molar-refractivity contribution in [2.24, 2.45) is 0 Å². The summed E-state index contributed by atoms with van der Waals surface area (Å²) in [5.74, 6) is -0.122. The maximum absolute atomic E-state index is 13.0. The molecule has 47 heavy (non-hydrogen) atoms. The number of esters is 1. The Kier molecular flexibility index (Phi) is 9.81. The largest absolute Gasteiger partial charge is 0.465 e. The van der Waals surface area contributed by atoms with Crippen LogP contribution in [-0.2, 0) is 27.5 Å². The lowest BCUT2D eigenvalue weighted by Crippen LogP contribution is -2.14. The third-order valence-corrected chi connectivity index (χ3v) is 8.20. The Morgan fingerprint density at radius 2 is 1.60 bits per heavy atom. The molecule has 0 amide bonds. The summed E-state index contributed by atoms with van der Waals surface area (Å²) in [5, 5.41) is 0.846. The molecule has 0 atom stereocenters. The van der Waals surface area contributed by atoms with Gasteiger partial charge in [0.25, 0.3) is 0 Å². The van der Waals surface area contributed by atoms with Gasteiger partial charge in [0, 0.05) is 16.8 Å². The summed E-state index contributed by atoms with van der Waals surface area (Å²) in [6, 6.07) is 21.8. The van der Waals surface area contributed by atoms with Crippen LogP contribution < -0.4 is 4.72 Å². The number of alkyl halides is 3. The summed E-state index contributed by atoms with van der Waals surface area (Å²) < 4.78 is 72.3. The fraction of sp³-hybridized carbons (Fsp3) is 0.118. The first kappa shape index (κ1) is 33.8. The van der Waals surface area contributed by atoms with Crippen molar-refractivity contribution in [3.05, 3.63) is 129 Å². The molecule has 0 aliphatic carbocycles. The number of sulfonamides is 1. The molecule has 7 nitrogen and oxygen atoms in total. The molecule has 1 heterocycles. The van der Waals surface area contributed by atoms with Crippen molar-refractivity contribution in [1.29, 1.82) is 0 Å². The predicted molar refractivity (Wildman–Crippen MR) is 179 cm³/mol. The first-order valence-corrected chi connectivity index (χ1v) is 16.5. The van der Waals surface area contributed by atoms with Gasteiger partial charge in [0.1, 0.15) is 5.82 Å². The number of nitrogens with zero attached hydrogens (tertiary/aromatic N) is 2. The third kappa shape index (κ3) is 8.42. The number of hydrogen-bond donors (Lipinski definition) is 1. The Hall–Kier alpha value is -4.58. The average molecular weight is 701 g/mol. The van der Waals surface area contributed by atoms with Gasteiger partial charge in [0.15, 0.2) is 0 Å². The van der Waals surface area contributed by atoms with E-state index in [1.165, 1.54) is 31.4 Å². The molecule has 13 heteroatoms. The van der Waals surface area contributed by atoms with E-state index in [0.717, 1.165) is 29.5 Å². The smallest absolute Gasteiger partial charge is 0.416 e. The van der Waals surface area contributed by atoms with Gasteiger partial charge >= 0.3 is 12.1 Å². The van der Waals surface area contributed by atoms with Gasteiger partial charge in [-0.15, -0.1) is 0 Å². The first-order valence-electron chi connectivity index (χ1n) is 13.9. The maximum Gasteiger partial charge on any atom is 0.416 e. The highest BCUT2D eigenvalue weighted by Gasteiger charge is 2.30. The van der Waals surface area contributed by atoms with Crippen LogP contribution in [0.1, 0.15) is 32.9 Å². The van der Waals surface area contributed by atoms with E-state index in [2.05, 4.69) is 4.72 Å². The van der Waals surface area contributed by atoms with E-state index in [-0.39, 0.29) is 17.8 Å². The van der Waals surface area contributed by atoms with Crippen LogP contribution in [0.4, 0.5) is 18.9 Å². The normalized spacial score (nSPS) is 12.0. The van der Waals surface area contributed by atoms with Crippen LogP contribution in [0.25, 0.3) is 34.5 Å². The Balaban J connectivity index is 1.50. The van der Waals surface area contributed by atoms with E-state index in [1.54, 1.807) is 53.2 Å². The first-order chi connectivity index (χ1) is 22.2. The molecule has 0 spiro atoms. The molecular weight excluding hydrogens is 674 g/mol. The number of ether oxygens (including phenoxy) is 1. The number of aromatic nitrogens is 2. The number of carbonyl (C=O) groups is 1. The van der Waals surface area contributed by atoms with E-state index in [0.29, 0.717) is 38.3 Å². The molecule has 0 unspecified atom stereocenters. The molecule has 0 bridgehead atoms. The van der Waals surface area contributed by atoms with Crippen molar-refractivity contribution in [3.63, 3.8) is 0 Å². The zero-order chi connectivity index (χ0) is 33.9. The van der Waals surface area contributed by atoms with Crippen molar-refractivity contribution >= 4 is 57.0 Å². The molecule has 5 aromatic rings. The van der Waals surface area contributed by atoms with Crippen molar-refractivity contribution in [3.8, 4) is 22.4 Å². The van der Waals surface area contributed by atoms with Crippen LogP contribution in [-0.4, -0.2) is 37.3 Å². The molecule has 4 aromatic carbocycles. The highest BCUT2D eigenvalue weighted by molar-refractivity contribution is 7.92. The third-order valence-electron chi connectivity index (χ3n) is 7.06. The number of hydrogen-bond acceptors (Lipinski definition) is 5. The van der Waals surface area contributed by atoms with Gasteiger partial charge in [-0.1, -0.05) is 71.7 Å². The second-order valence-electron chi connectivity index (χ2n) is 10.5. The Bertz CT molecular complexity index is 2080. The number of methoxy groups -OCH3 is 1. The van der Waals surface area contributed by atoms with E-state index < -0.39 is 27.7 Å². The Morgan fingerprint density at radius 3 is 2.19 bits per heavy atom. The molecule has 1 aromatic heterocycles. The van der Waals surface area contributed by atoms with Crippen LogP contribution in [0.15, 0.2) is 91.1 Å². The van der Waals surface area contributed by atoms with Crippen LogP contribution in [0.3, 0.4) is 0 Å². The second-order valence-corrected chi connectivity index (χ2v) is 13.1. The number of halogens is 5. The number of carbonyl (C=O) groups excluding carboxylic acids is 1. The minimum atomic E-state index is -4.41. The van der Waals surface area contributed by atoms with Gasteiger partial charge in [0.05, 0.1) is 47.4 Å². The molecule has 0 saturated carbocycles. The summed E-state index contributed by atoms with van der Waals surface area (Å²) in [6.07, 6.45) is 1.96. The number of imidazole rings is 1. The lowest BCUT2D eigenvalue weighted by Gasteiger charge is -2.14. The summed E-state index contributed by atoms with van der Waals surface area (Å²) in [4.78, 5) is 16.9.